The highest BCUT2D eigenvalue weighted by Gasteiger charge is 2.13. The van der Waals surface area contributed by atoms with E-state index >= 15 is 0 Å². The lowest BCUT2D eigenvalue weighted by Gasteiger charge is -2.21. The van der Waals surface area contributed by atoms with Crippen molar-refractivity contribution in [2.24, 2.45) is 0 Å². The number of methoxy groups -OCH3 is 1. The van der Waals surface area contributed by atoms with Gasteiger partial charge in [0.1, 0.15) is 23.5 Å². The number of hydrogen-bond acceptors (Lipinski definition) is 7. The maximum absolute atomic E-state index is 11.7. The molecule has 25 heavy (non-hydrogen) atoms. The summed E-state index contributed by atoms with van der Waals surface area (Å²) in [6.45, 7) is 2.68. The van der Waals surface area contributed by atoms with Crippen LogP contribution in [0.1, 0.15) is 41.6 Å². The maximum Gasteiger partial charge on any atom is 0.343 e. The molecule has 0 amide bonds. The van der Waals surface area contributed by atoms with Crippen LogP contribution in [-0.2, 0) is 11.3 Å². The molecule has 1 N–H and O–H groups in total. The molecule has 1 aliphatic rings. The van der Waals surface area contributed by atoms with Crippen LogP contribution in [0.15, 0.2) is 30.9 Å². The average Bonchev–Trinajstić information content (AvgIpc) is 2.96. The van der Waals surface area contributed by atoms with E-state index in [-0.39, 0.29) is 0 Å². The molecular weight excluding hydrogens is 318 g/mol. The van der Waals surface area contributed by atoms with Gasteiger partial charge in [0.2, 0.25) is 0 Å². The fourth-order valence-electron chi connectivity index (χ4n) is 2.92. The molecule has 2 aromatic heterocycles. The number of hydrogen-bond donors (Lipinski definition) is 1. The van der Waals surface area contributed by atoms with E-state index in [1.807, 2.05) is 6.20 Å². The number of esters is 1. The standard InChI is InChI=1S/C18H23N5O2/c1-25-18(24)15-12-19-13-22-17(15)21-11-14-6-7-16(20-10-14)23-8-4-2-3-5-9-23/h6-7,10,12-13H,2-5,8-9,11H2,1H3,(H,19,21,22). The van der Waals surface area contributed by atoms with Gasteiger partial charge in [0.05, 0.1) is 7.11 Å². The van der Waals surface area contributed by atoms with Crippen molar-refractivity contribution in [2.45, 2.75) is 32.2 Å². The molecule has 2 aromatic rings. The van der Waals surface area contributed by atoms with Crippen molar-refractivity contribution in [3.63, 3.8) is 0 Å². The summed E-state index contributed by atoms with van der Waals surface area (Å²) in [6, 6.07) is 4.11. The summed E-state index contributed by atoms with van der Waals surface area (Å²) < 4.78 is 4.75. The van der Waals surface area contributed by atoms with E-state index in [0.717, 1.165) is 24.5 Å². The predicted molar refractivity (Wildman–Crippen MR) is 95.6 cm³/mol. The predicted octanol–water partition coefficient (Wildman–Crippen LogP) is 2.65. The third-order valence-electron chi connectivity index (χ3n) is 4.32. The molecule has 0 radical (unpaired) electrons. The lowest BCUT2D eigenvalue weighted by atomic mass is 10.2. The average molecular weight is 341 g/mol. The van der Waals surface area contributed by atoms with Gasteiger partial charge < -0.3 is 15.0 Å². The van der Waals surface area contributed by atoms with Gasteiger partial charge in [-0.15, -0.1) is 0 Å². The normalized spacial score (nSPS) is 14.7. The molecule has 1 saturated heterocycles. The molecule has 0 unspecified atom stereocenters. The molecule has 0 bridgehead atoms. The number of nitrogens with zero attached hydrogens (tertiary/aromatic N) is 4. The van der Waals surface area contributed by atoms with E-state index in [9.17, 15) is 4.79 Å². The zero-order valence-corrected chi connectivity index (χ0v) is 14.4. The summed E-state index contributed by atoms with van der Waals surface area (Å²) in [4.78, 5) is 26.7. The SMILES string of the molecule is COC(=O)c1cncnc1NCc1ccc(N2CCCCCC2)nc1. The fraction of sp³-hybridized carbons (Fsp3) is 0.444. The second-order valence-electron chi connectivity index (χ2n) is 6.06. The zero-order valence-electron chi connectivity index (χ0n) is 14.4. The van der Waals surface area contributed by atoms with Gasteiger partial charge in [-0.05, 0) is 24.5 Å². The van der Waals surface area contributed by atoms with Crippen molar-refractivity contribution in [1.29, 1.82) is 0 Å². The molecule has 0 saturated carbocycles. The minimum Gasteiger partial charge on any atom is -0.465 e. The summed E-state index contributed by atoms with van der Waals surface area (Å²) in [6.07, 6.45) is 9.79. The first-order valence-electron chi connectivity index (χ1n) is 8.60. The second kappa shape index (κ2) is 8.41. The Morgan fingerprint density at radius 3 is 2.64 bits per heavy atom. The van der Waals surface area contributed by atoms with Crippen LogP contribution < -0.4 is 10.2 Å². The number of pyridine rings is 1. The first-order valence-corrected chi connectivity index (χ1v) is 8.60. The Kier molecular flexibility index (Phi) is 5.77. The van der Waals surface area contributed by atoms with Gasteiger partial charge in [-0.25, -0.2) is 19.7 Å². The zero-order chi connectivity index (χ0) is 17.5. The number of anilines is 2. The van der Waals surface area contributed by atoms with Gasteiger partial charge in [0, 0.05) is 32.0 Å². The van der Waals surface area contributed by atoms with E-state index < -0.39 is 5.97 Å². The van der Waals surface area contributed by atoms with Crippen LogP contribution in [-0.4, -0.2) is 41.1 Å². The third-order valence-corrected chi connectivity index (χ3v) is 4.32. The van der Waals surface area contributed by atoms with Gasteiger partial charge in [-0.2, -0.15) is 0 Å². The highest BCUT2D eigenvalue weighted by Crippen LogP contribution is 2.18. The maximum atomic E-state index is 11.7. The summed E-state index contributed by atoms with van der Waals surface area (Å²) in [5, 5.41) is 3.15. The number of rotatable bonds is 5. The molecule has 0 aromatic carbocycles. The van der Waals surface area contributed by atoms with E-state index in [1.165, 1.54) is 45.3 Å². The summed E-state index contributed by atoms with van der Waals surface area (Å²) in [5.41, 5.74) is 1.34. The molecule has 1 fully saturated rings. The molecule has 132 valence electrons. The van der Waals surface area contributed by atoms with Gasteiger partial charge in [0.15, 0.2) is 0 Å². The number of nitrogens with one attached hydrogen (secondary N) is 1. The van der Waals surface area contributed by atoms with Crippen LogP contribution in [0.3, 0.4) is 0 Å². The molecular formula is C18H23N5O2. The molecule has 0 spiro atoms. The van der Waals surface area contributed by atoms with Gasteiger partial charge >= 0.3 is 5.97 Å². The highest BCUT2D eigenvalue weighted by atomic mass is 16.5. The van der Waals surface area contributed by atoms with Gasteiger partial charge in [-0.3, -0.25) is 0 Å². The van der Waals surface area contributed by atoms with E-state index in [1.54, 1.807) is 0 Å². The minimum atomic E-state index is -0.460. The van der Waals surface area contributed by atoms with Crippen molar-refractivity contribution in [3.05, 3.63) is 42.0 Å². The monoisotopic (exact) mass is 341 g/mol. The smallest absolute Gasteiger partial charge is 0.343 e. The van der Waals surface area contributed by atoms with Crippen molar-refractivity contribution >= 4 is 17.6 Å². The largest absolute Gasteiger partial charge is 0.465 e. The Hall–Kier alpha value is -2.70. The van der Waals surface area contributed by atoms with Crippen molar-refractivity contribution < 1.29 is 9.53 Å². The molecule has 1 aliphatic heterocycles. The molecule has 0 atom stereocenters. The Balaban J connectivity index is 1.63. The Bertz CT molecular complexity index is 697. The second-order valence-corrected chi connectivity index (χ2v) is 6.06. The van der Waals surface area contributed by atoms with Crippen LogP contribution in [0.4, 0.5) is 11.6 Å². The van der Waals surface area contributed by atoms with Crippen LogP contribution >= 0.6 is 0 Å². The molecule has 3 rings (SSSR count). The van der Waals surface area contributed by atoms with E-state index in [0.29, 0.717) is 17.9 Å². The van der Waals surface area contributed by atoms with Crippen LogP contribution in [0, 0.1) is 0 Å². The first-order chi connectivity index (χ1) is 12.3. The number of aromatic nitrogens is 3. The fourth-order valence-corrected chi connectivity index (χ4v) is 2.92. The third kappa shape index (κ3) is 4.43. The molecule has 7 heteroatoms. The minimum absolute atomic E-state index is 0.319. The lowest BCUT2D eigenvalue weighted by Crippen LogP contribution is -2.24. The number of carbonyl (C=O) groups excluding carboxylic acids is 1. The summed E-state index contributed by atoms with van der Waals surface area (Å²) in [5.74, 6) is 1.03. The topological polar surface area (TPSA) is 80.2 Å². The Morgan fingerprint density at radius 2 is 1.96 bits per heavy atom. The van der Waals surface area contributed by atoms with Gasteiger partial charge in [0.25, 0.3) is 0 Å². The molecule has 0 aliphatic carbocycles. The van der Waals surface area contributed by atoms with Crippen LogP contribution in [0.5, 0.6) is 0 Å². The van der Waals surface area contributed by atoms with Crippen molar-refractivity contribution in [1.82, 2.24) is 15.0 Å². The van der Waals surface area contributed by atoms with E-state index in [2.05, 4.69) is 37.3 Å². The highest BCUT2D eigenvalue weighted by molar-refractivity contribution is 5.94. The van der Waals surface area contributed by atoms with E-state index in [4.69, 9.17) is 4.74 Å². The van der Waals surface area contributed by atoms with Crippen LogP contribution in [0.25, 0.3) is 0 Å². The Morgan fingerprint density at radius 1 is 1.16 bits per heavy atom. The van der Waals surface area contributed by atoms with Crippen LogP contribution in [0.2, 0.25) is 0 Å². The summed E-state index contributed by atoms with van der Waals surface area (Å²) >= 11 is 0. The van der Waals surface area contributed by atoms with Gasteiger partial charge in [-0.1, -0.05) is 18.9 Å². The molecule has 7 nitrogen and oxygen atoms in total. The van der Waals surface area contributed by atoms with Crippen molar-refractivity contribution in [2.75, 3.05) is 30.4 Å². The summed E-state index contributed by atoms with van der Waals surface area (Å²) in [7, 11) is 1.34. The number of carbonyl (C=O) groups is 1. The lowest BCUT2D eigenvalue weighted by molar-refractivity contribution is 0.0601. The number of ether oxygens (including phenoxy) is 1. The quantitative estimate of drug-likeness (QED) is 0.837. The van der Waals surface area contributed by atoms with Crippen molar-refractivity contribution in [3.8, 4) is 0 Å². The Labute approximate surface area is 147 Å². The molecule has 3 heterocycles. The first kappa shape index (κ1) is 17.1.